The number of nitrogens with zero attached hydrogens (tertiary/aromatic N) is 2. The van der Waals surface area contributed by atoms with Gasteiger partial charge in [0.25, 0.3) is 0 Å². The SMILES string of the molecule is O=C(c1ccccc1)c1ccc2nc3c(nc2c1)CCCC3. The molecule has 108 valence electrons. The van der Waals surface area contributed by atoms with Crippen LogP contribution < -0.4 is 0 Å². The molecular formula is C19H16N2O. The number of benzene rings is 2. The fourth-order valence-corrected chi connectivity index (χ4v) is 3.01. The summed E-state index contributed by atoms with van der Waals surface area (Å²) in [7, 11) is 0. The summed E-state index contributed by atoms with van der Waals surface area (Å²) in [5.41, 5.74) is 5.30. The van der Waals surface area contributed by atoms with Crippen LogP contribution in [-0.2, 0) is 12.8 Å². The summed E-state index contributed by atoms with van der Waals surface area (Å²) in [6, 6.07) is 15.0. The van der Waals surface area contributed by atoms with Crippen molar-refractivity contribution in [2.24, 2.45) is 0 Å². The molecule has 0 atom stereocenters. The Morgan fingerprint density at radius 3 is 2.18 bits per heavy atom. The summed E-state index contributed by atoms with van der Waals surface area (Å²) in [6.45, 7) is 0. The van der Waals surface area contributed by atoms with Gasteiger partial charge in [-0.05, 0) is 43.9 Å². The minimum atomic E-state index is 0.0296. The molecule has 0 unspecified atom stereocenters. The highest BCUT2D eigenvalue weighted by Gasteiger charge is 2.15. The molecule has 0 aliphatic heterocycles. The van der Waals surface area contributed by atoms with E-state index >= 15 is 0 Å². The number of fused-ring (bicyclic) bond motifs is 2. The molecule has 2 aromatic carbocycles. The number of hydrogen-bond donors (Lipinski definition) is 0. The van der Waals surface area contributed by atoms with Gasteiger partial charge in [-0.15, -0.1) is 0 Å². The highest BCUT2D eigenvalue weighted by molar-refractivity contribution is 6.10. The second-order valence-electron chi connectivity index (χ2n) is 5.72. The zero-order valence-corrected chi connectivity index (χ0v) is 12.2. The summed E-state index contributed by atoms with van der Waals surface area (Å²) >= 11 is 0. The van der Waals surface area contributed by atoms with Crippen LogP contribution in [-0.4, -0.2) is 15.8 Å². The topological polar surface area (TPSA) is 42.9 Å². The molecule has 0 saturated heterocycles. The van der Waals surface area contributed by atoms with Crippen molar-refractivity contribution in [3.63, 3.8) is 0 Å². The average molecular weight is 288 g/mol. The molecular weight excluding hydrogens is 272 g/mol. The maximum Gasteiger partial charge on any atom is 0.193 e. The van der Waals surface area contributed by atoms with Crippen molar-refractivity contribution in [3.8, 4) is 0 Å². The predicted octanol–water partition coefficient (Wildman–Crippen LogP) is 3.74. The van der Waals surface area contributed by atoms with Gasteiger partial charge in [0, 0.05) is 11.1 Å². The highest BCUT2D eigenvalue weighted by atomic mass is 16.1. The summed E-state index contributed by atoms with van der Waals surface area (Å²) in [5.74, 6) is 0.0296. The Hall–Kier alpha value is -2.55. The van der Waals surface area contributed by atoms with Crippen LogP contribution in [0, 0.1) is 0 Å². The highest BCUT2D eigenvalue weighted by Crippen LogP contribution is 2.22. The van der Waals surface area contributed by atoms with E-state index in [-0.39, 0.29) is 5.78 Å². The number of carbonyl (C=O) groups excluding carboxylic acids is 1. The van der Waals surface area contributed by atoms with E-state index in [2.05, 4.69) is 0 Å². The molecule has 1 aliphatic rings. The van der Waals surface area contributed by atoms with Crippen LogP contribution in [0.1, 0.15) is 40.2 Å². The van der Waals surface area contributed by atoms with Crippen LogP contribution in [0.25, 0.3) is 11.0 Å². The lowest BCUT2D eigenvalue weighted by molar-refractivity contribution is 0.103. The first-order valence-electron chi connectivity index (χ1n) is 7.70. The molecule has 0 N–H and O–H groups in total. The Morgan fingerprint density at radius 1 is 0.773 bits per heavy atom. The molecule has 1 aromatic heterocycles. The van der Waals surface area contributed by atoms with E-state index in [1.807, 2.05) is 48.5 Å². The van der Waals surface area contributed by atoms with Crippen molar-refractivity contribution in [1.82, 2.24) is 9.97 Å². The largest absolute Gasteiger partial charge is 0.289 e. The standard InChI is InChI=1S/C19H16N2O/c22-19(13-6-2-1-3-7-13)14-10-11-17-18(12-14)21-16-9-5-4-8-15(16)20-17/h1-3,6-7,10-12H,4-5,8-9H2. The van der Waals surface area contributed by atoms with Gasteiger partial charge >= 0.3 is 0 Å². The summed E-state index contributed by atoms with van der Waals surface area (Å²) < 4.78 is 0. The van der Waals surface area contributed by atoms with Crippen molar-refractivity contribution in [3.05, 3.63) is 71.0 Å². The van der Waals surface area contributed by atoms with Gasteiger partial charge in [-0.2, -0.15) is 0 Å². The van der Waals surface area contributed by atoms with Gasteiger partial charge in [-0.3, -0.25) is 4.79 Å². The predicted molar refractivity (Wildman–Crippen MR) is 86.1 cm³/mol. The normalized spacial score (nSPS) is 13.8. The molecule has 0 radical (unpaired) electrons. The zero-order chi connectivity index (χ0) is 14.9. The molecule has 3 aromatic rings. The first-order chi connectivity index (χ1) is 10.8. The van der Waals surface area contributed by atoms with Crippen molar-refractivity contribution in [1.29, 1.82) is 0 Å². The first-order valence-corrected chi connectivity index (χ1v) is 7.70. The van der Waals surface area contributed by atoms with Crippen molar-refractivity contribution < 1.29 is 4.79 Å². The van der Waals surface area contributed by atoms with Gasteiger partial charge in [-0.25, -0.2) is 9.97 Å². The Balaban J connectivity index is 1.79. The van der Waals surface area contributed by atoms with Crippen molar-refractivity contribution >= 4 is 16.8 Å². The van der Waals surface area contributed by atoms with E-state index < -0.39 is 0 Å². The fraction of sp³-hybridized carbons (Fsp3) is 0.211. The lowest BCUT2D eigenvalue weighted by atomic mass is 9.99. The molecule has 22 heavy (non-hydrogen) atoms. The van der Waals surface area contributed by atoms with Gasteiger partial charge in [0.1, 0.15) is 0 Å². The smallest absolute Gasteiger partial charge is 0.193 e. The number of aryl methyl sites for hydroxylation is 2. The zero-order valence-electron chi connectivity index (χ0n) is 12.2. The first kappa shape index (κ1) is 13.1. The maximum absolute atomic E-state index is 12.5. The number of carbonyl (C=O) groups is 1. The van der Waals surface area contributed by atoms with Gasteiger partial charge in [0.2, 0.25) is 0 Å². The molecule has 1 heterocycles. The van der Waals surface area contributed by atoms with Crippen LogP contribution in [0.4, 0.5) is 0 Å². The van der Waals surface area contributed by atoms with Crippen LogP contribution in [0.3, 0.4) is 0 Å². The van der Waals surface area contributed by atoms with Crippen molar-refractivity contribution in [2.75, 3.05) is 0 Å². The van der Waals surface area contributed by atoms with E-state index in [0.29, 0.717) is 11.1 Å². The molecule has 0 fully saturated rings. The Morgan fingerprint density at radius 2 is 1.45 bits per heavy atom. The molecule has 0 bridgehead atoms. The molecule has 0 spiro atoms. The molecule has 4 rings (SSSR count). The minimum absolute atomic E-state index is 0.0296. The number of aromatic nitrogens is 2. The summed E-state index contributed by atoms with van der Waals surface area (Å²) in [5, 5.41) is 0. The maximum atomic E-state index is 12.5. The van der Waals surface area contributed by atoms with Gasteiger partial charge in [-0.1, -0.05) is 30.3 Å². The molecule has 1 aliphatic carbocycles. The van der Waals surface area contributed by atoms with Crippen LogP contribution >= 0.6 is 0 Å². The van der Waals surface area contributed by atoms with Gasteiger partial charge in [0.15, 0.2) is 5.78 Å². The van der Waals surface area contributed by atoms with E-state index in [4.69, 9.17) is 9.97 Å². The summed E-state index contributed by atoms with van der Waals surface area (Å²) in [4.78, 5) is 22.0. The molecule has 3 nitrogen and oxygen atoms in total. The Kier molecular flexibility index (Phi) is 3.19. The average Bonchev–Trinajstić information content (AvgIpc) is 2.59. The third-order valence-corrected chi connectivity index (χ3v) is 4.19. The van der Waals surface area contributed by atoms with Crippen LogP contribution in [0.15, 0.2) is 48.5 Å². The van der Waals surface area contributed by atoms with Gasteiger partial charge < -0.3 is 0 Å². The van der Waals surface area contributed by atoms with E-state index in [0.717, 1.165) is 35.3 Å². The van der Waals surface area contributed by atoms with Gasteiger partial charge in [0.05, 0.1) is 22.4 Å². The lowest BCUT2D eigenvalue weighted by Gasteiger charge is -2.14. The third kappa shape index (κ3) is 2.29. The number of rotatable bonds is 2. The Bertz CT molecular complexity index is 856. The molecule has 0 amide bonds. The lowest BCUT2D eigenvalue weighted by Crippen LogP contribution is -2.08. The quantitative estimate of drug-likeness (QED) is 0.675. The monoisotopic (exact) mass is 288 g/mol. The third-order valence-electron chi connectivity index (χ3n) is 4.19. The number of hydrogen-bond acceptors (Lipinski definition) is 3. The summed E-state index contributed by atoms with van der Waals surface area (Å²) in [6.07, 6.45) is 4.38. The second-order valence-corrected chi connectivity index (χ2v) is 5.72. The van der Waals surface area contributed by atoms with Crippen LogP contribution in [0.2, 0.25) is 0 Å². The second kappa shape index (κ2) is 5.34. The number of ketones is 1. The molecule has 3 heteroatoms. The van der Waals surface area contributed by atoms with Crippen LogP contribution in [0.5, 0.6) is 0 Å². The van der Waals surface area contributed by atoms with E-state index in [9.17, 15) is 4.79 Å². The Labute approximate surface area is 129 Å². The van der Waals surface area contributed by atoms with E-state index in [1.54, 1.807) is 0 Å². The van der Waals surface area contributed by atoms with Crippen molar-refractivity contribution in [2.45, 2.75) is 25.7 Å². The minimum Gasteiger partial charge on any atom is -0.289 e. The van der Waals surface area contributed by atoms with E-state index in [1.165, 1.54) is 12.8 Å². The molecule has 0 saturated carbocycles. The fourth-order valence-electron chi connectivity index (χ4n) is 3.01.